The molecule has 0 aromatic heterocycles. The maximum atomic E-state index is 12.6. The van der Waals surface area contributed by atoms with Gasteiger partial charge in [-0.05, 0) is 26.0 Å². The molecule has 0 spiro atoms. The van der Waals surface area contributed by atoms with Crippen molar-refractivity contribution in [2.75, 3.05) is 33.9 Å². The topological polar surface area (TPSA) is 50.8 Å². The summed E-state index contributed by atoms with van der Waals surface area (Å²) in [5.74, 6) is 1.38. The number of hydrogen-bond acceptors (Lipinski definition) is 4. The smallest absolute Gasteiger partial charge is 0.254 e. The van der Waals surface area contributed by atoms with Gasteiger partial charge in [0.25, 0.3) is 5.91 Å². The van der Waals surface area contributed by atoms with Crippen molar-refractivity contribution < 1.29 is 14.3 Å². The standard InChI is InChI=1S/C15H22N2O3.ClH/c1-10-9-16-5-6-17(10)15(18)12-7-13(19-3)11(2)14(8-12)20-4;/h7-8,10,16H,5-6,9H2,1-4H3;1H. The summed E-state index contributed by atoms with van der Waals surface area (Å²) in [6, 6.07) is 3.76. The van der Waals surface area contributed by atoms with Crippen LogP contribution in [-0.4, -0.2) is 50.7 Å². The Balaban J connectivity index is 0.00000220. The molecule has 1 amide bonds. The number of methoxy groups -OCH3 is 2. The van der Waals surface area contributed by atoms with Gasteiger partial charge in [0.2, 0.25) is 0 Å². The molecule has 1 aliphatic heterocycles. The second-order valence-electron chi connectivity index (χ2n) is 5.06. The van der Waals surface area contributed by atoms with Crippen LogP contribution in [0.15, 0.2) is 12.1 Å². The van der Waals surface area contributed by atoms with E-state index in [1.54, 1.807) is 26.4 Å². The minimum Gasteiger partial charge on any atom is -0.496 e. The molecule has 5 nitrogen and oxygen atoms in total. The van der Waals surface area contributed by atoms with Gasteiger partial charge in [-0.25, -0.2) is 0 Å². The van der Waals surface area contributed by atoms with Gasteiger partial charge >= 0.3 is 0 Å². The quantitative estimate of drug-likeness (QED) is 0.925. The molecular formula is C15H23ClN2O3. The highest BCUT2D eigenvalue weighted by Gasteiger charge is 2.25. The fourth-order valence-corrected chi connectivity index (χ4v) is 2.52. The fraction of sp³-hybridized carbons (Fsp3) is 0.533. The zero-order chi connectivity index (χ0) is 14.7. The minimum absolute atomic E-state index is 0. The SMILES string of the molecule is COc1cc(C(=O)N2CCNCC2C)cc(OC)c1C.Cl. The molecule has 118 valence electrons. The molecule has 0 saturated carbocycles. The Morgan fingerprint density at radius 2 is 1.86 bits per heavy atom. The van der Waals surface area contributed by atoms with E-state index in [2.05, 4.69) is 5.32 Å². The van der Waals surface area contributed by atoms with Crippen LogP contribution >= 0.6 is 12.4 Å². The minimum atomic E-state index is 0. The predicted molar refractivity (Wildman–Crippen MR) is 84.9 cm³/mol. The molecule has 1 N–H and O–H groups in total. The average Bonchev–Trinajstić information content (AvgIpc) is 2.47. The zero-order valence-electron chi connectivity index (χ0n) is 12.9. The Morgan fingerprint density at radius 1 is 1.29 bits per heavy atom. The fourth-order valence-electron chi connectivity index (χ4n) is 2.52. The number of amides is 1. The lowest BCUT2D eigenvalue weighted by molar-refractivity contribution is 0.0655. The third-order valence-electron chi connectivity index (χ3n) is 3.76. The molecule has 6 heteroatoms. The highest BCUT2D eigenvalue weighted by molar-refractivity contribution is 5.95. The third kappa shape index (κ3) is 3.60. The van der Waals surface area contributed by atoms with E-state index in [1.807, 2.05) is 18.7 Å². The van der Waals surface area contributed by atoms with Crippen molar-refractivity contribution >= 4 is 18.3 Å². The van der Waals surface area contributed by atoms with Crippen molar-refractivity contribution in [3.05, 3.63) is 23.3 Å². The van der Waals surface area contributed by atoms with Gasteiger partial charge in [-0.2, -0.15) is 0 Å². The summed E-state index contributed by atoms with van der Waals surface area (Å²) >= 11 is 0. The first-order valence-electron chi connectivity index (χ1n) is 6.82. The van der Waals surface area contributed by atoms with Gasteiger partial charge in [-0.15, -0.1) is 12.4 Å². The molecule has 1 aliphatic rings. The Labute approximate surface area is 132 Å². The summed E-state index contributed by atoms with van der Waals surface area (Å²) in [5, 5.41) is 3.28. The second-order valence-corrected chi connectivity index (χ2v) is 5.06. The Hall–Kier alpha value is -1.46. The maximum absolute atomic E-state index is 12.6. The van der Waals surface area contributed by atoms with E-state index in [9.17, 15) is 4.79 Å². The molecule has 1 heterocycles. The zero-order valence-corrected chi connectivity index (χ0v) is 13.8. The van der Waals surface area contributed by atoms with Gasteiger partial charge in [0.15, 0.2) is 0 Å². The number of carbonyl (C=O) groups excluding carboxylic acids is 1. The Bertz CT molecular complexity index is 483. The summed E-state index contributed by atoms with van der Waals surface area (Å²) in [4.78, 5) is 14.5. The molecule has 21 heavy (non-hydrogen) atoms. The highest BCUT2D eigenvalue weighted by atomic mass is 35.5. The van der Waals surface area contributed by atoms with E-state index < -0.39 is 0 Å². The molecule has 0 radical (unpaired) electrons. The maximum Gasteiger partial charge on any atom is 0.254 e. The van der Waals surface area contributed by atoms with E-state index in [-0.39, 0.29) is 24.4 Å². The molecule has 1 aromatic rings. The lowest BCUT2D eigenvalue weighted by Crippen LogP contribution is -2.52. The lowest BCUT2D eigenvalue weighted by atomic mass is 10.1. The van der Waals surface area contributed by atoms with Crippen LogP contribution < -0.4 is 14.8 Å². The number of rotatable bonds is 3. The van der Waals surface area contributed by atoms with E-state index in [4.69, 9.17) is 9.47 Å². The van der Waals surface area contributed by atoms with E-state index in [1.165, 1.54) is 0 Å². The van der Waals surface area contributed by atoms with Crippen molar-refractivity contribution in [3.8, 4) is 11.5 Å². The normalized spacial score (nSPS) is 17.9. The van der Waals surface area contributed by atoms with Gasteiger partial charge in [-0.3, -0.25) is 4.79 Å². The first-order chi connectivity index (χ1) is 9.58. The van der Waals surface area contributed by atoms with Gasteiger partial charge in [-0.1, -0.05) is 0 Å². The molecule has 2 rings (SSSR count). The van der Waals surface area contributed by atoms with Crippen LogP contribution in [0, 0.1) is 6.92 Å². The molecule has 1 fully saturated rings. The number of hydrogen-bond donors (Lipinski definition) is 1. The van der Waals surface area contributed by atoms with Crippen LogP contribution in [0.3, 0.4) is 0 Å². The van der Waals surface area contributed by atoms with Crippen LogP contribution in [-0.2, 0) is 0 Å². The molecule has 0 aliphatic carbocycles. The number of benzene rings is 1. The van der Waals surface area contributed by atoms with E-state index >= 15 is 0 Å². The van der Waals surface area contributed by atoms with Crippen LogP contribution in [0.4, 0.5) is 0 Å². The van der Waals surface area contributed by atoms with Gasteiger partial charge in [0, 0.05) is 36.8 Å². The van der Waals surface area contributed by atoms with E-state index in [0.717, 1.165) is 25.2 Å². The molecule has 1 saturated heterocycles. The molecule has 1 aromatic carbocycles. The summed E-state index contributed by atoms with van der Waals surface area (Å²) < 4.78 is 10.7. The first-order valence-corrected chi connectivity index (χ1v) is 6.82. The number of nitrogens with one attached hydrogen (secondary N) is 1. The van der Waals surface area contributed by atoms with Gasteiger partial charge in [0.1, 0.15) is 11.5 Å². The third-order valence-corrected chi connectivity index (χ3v) is 3.76. The summed E-state index contributed by atoms with van der Waals surface area (Å²) in [7, 11) is 3.20. The van der Waals surface area contributed by atoms with Crippen molar-refractivity contribution in [1.29, 1.82) is 0 Å². The van der Waals surface area contributed by atoms with E-state index in [0.29, 0.717) is 17.1 Å². The van der Waals surface area contributed by atoms with Crippen LogP contribution in [0.2, 0.25) is 0 Å². The number of nitrogens with zero attached hydrogens (tertiary/aromatic N) is 1. The summed E-state index contributed by atoms with van der Waals surface area (Å²) in [6.07, 6.45) is 0. The summed E-state index contributed by atoms with van der Waals surface area (Å²) in [5.41, 5.74) is 1.51. The van der Waals surface area contributed by atoms with Crippen molar-refractivity contribution in [2.45, 2.75) is 19.9 Å². The molecule has 1 atom stereocenters. The Morgan fingerprint density at radius 3 is 2.33 bits per heavy atom. The molecular weight excluding hydrogens is 292 g/mol. The van der Waals surface area contributed by atoms with Crippen LogP contribution in [0.1, 0.15) is 22.8 Å². The number of carbonyl (C=O) groups is 1. The van der Waals surface area contributed by atoms with Gasteiger partial charge in [0.05, 0.1) is 14.2 Å². The van der Waals surface area contributed by atoms with Crippen LogP contribution in [0.5, 0.6) is 11.5 Å². The van der Waals surface area contributed by atoms with Crippen molar-refractivity contribution in [3.63, 3.8) is 0 Å². The number of ether oxygens (including phenoxy) is 2. The average molecular weight is 315 g/mol. The highest BCUT2D eigenvalue weighted by Crippen LogP contribution is 2.30. The number of piperazine rings is 1. The largest absolute Gasteiger partial charge is 0.496 e. The molecule has 1 unspecified atom stereocenters. The first kappa shape index (κ1) is 17.6. The van der Waals surface area contributed by atoms with Crippen molar-refractivity contribution in [2.24, 2.45) is 0 Å². The predicted octanol–water partition coefficient (Wildman–Crippen LogP) is 1.87. The Kier molecular flexibility index (Phi) is 6.30. The van der Waals surface area contributed by atoms with Crippen LogP contribution in [0.25, 0.3) is 0 Å². The molecule has 0 bridgehead atoms. The number of halogens is 1. The lowest BCUT2D eigenvalue weighted by Gasteiger charge is -2.34. The van der Waals surface area contributed by atoms with Crippen molar-refractivity contribution in [1.82, 2.24) is 10.2 Å². The second kappa shape index (κ2) is 7.52. The van der Waals surface area contributed by atoms with Gasteiger partial charge < -0.3 is 19.7 Å². The monoisotopic (exact) mass is 314 g/mol. The summed E-state index contributed by atoms with van der Waals surface area (Å²) in [6.45, 7) is 6.34.